The molecule has 0 aliphatic heterocycles. The Morgan fingerprint density at radius 3 is 2.28 bits per heavy atom. The number of nitrogens with zero attached hydrogens (tertiary/aromatic N) is 1. The number of benzene rings is 1. The van der Waals surface area contributed by atoms with Crippen LogP contribution in [0.4, 0.5) is 33.5 Å². The van der Waals surface area contributed by atoms with Crippen LogP contribution in [0.2, 0.25) is 0 Å². The molecule has 0 amide bonds. The smallest absolute Gasteiger partial charge is 0.251 e. The monoisotopic (exact) mass is 260 g/mol. The first kappa shape index (κ1) is 12.3. The highest BCUT2D eigenvalue weighted by molar-refractivity contribution is 5.57. The third-order valence-electron chi connectivity index (χ3n) is 2.07. The van der Waals surface area contributed by atoms with Crippen LogP contribution in [0.3, 0.4) is 0 Å². The molecule has 1 N–H and O–H groups in total. The van der Waals surface area contributed by atoms with Crippen molar-refractivity contribution in [2.24, 2.45) is 0 Å². The van der Waals surface area contributed by atoms with Gasteiger partial charge in [0, 0.05) is 12.1 Å². The predicted octanol–water partition coefficient (Wildman–Crippen LogP) is 3.52. The van der Waals surface area contributed by atoms with Gasteiger partial charge in [-0.25, -0.2) is 17.6 Å². The van der Waals surface area contributed by atoms with E-state index in [4.69, 9.17) is 0 Å². The van der Waals surface area contributed by atoms with E-state index in [0.717, 1.165) is 18.2 Å². The summed E-state index contributed by atoms with van der Waals surface area (Å²) in [5.74, 6) is -6.64. The molecular weight excluding hydrogens is 255 g/mol. The first-order valence-electron chi connectivity index (χ1n) is 4.71. The van der Waals surface area contributed by atoms with Crippen LogP contribution in [0, 0.1) is 29.2 Å². The molecule has 0 fully saturated rings. The van der Waals surface area contributed by atoms with Crippen LogP contribution < -0.4 is 5.32 Å². The van der Waals surface area contributed by atoms with Gasteiger partial charge in [-0.3, -0.25) is 0 Å². The lowest BCUT2D eigenvalue weighted by molar-refractivity contribution is 0.467. The molecule has 0 radical (unpaired) electrons. The summed E-state index contributed by atoms with van der Waals surface area (Å²) < 4.78 is 64.6. The summed E-state index contributed by atoms with van der Waals surface area (Å²) in [7, 11) is 0. The Hall–Kier alpha value is -2.18. The average molecular weight is 260 g/mol. The zero-order chi connectivity index (χ0) is 13.3. The molecule has 0 spiro atoms. The van der Waals surface area contributed by atoms with Crippen LogP contribution in [0.1, 0.15) is 0 Å². The van der Waals surface area contributed by atoms with Crippen LogP contribution >= 0.6 is 0 Å². The second-order valence-corrected chi connectivity index (χ2v) is 3.34. The van der Waals surface area contributed by atoms with Crippen LogP contribution in [-0.4, -0.2) is 4.98 Å². The fourth-order valence-electron chi connectivity index (χ4n) is 1.25. The van der Waals surface area contributed by atoms with Gasteiger partial charge < -0.3 is 5.32 Å². The average Bonchev–Trinajstić information content (AvgIpc) is 2.30. The molecule has 2 aromatic rings. The van der Waals surface area contributed by atoms with Crippen molar-refractivity contribution in [3.8, 4) is 0 Å². The summed E-state index contributed by atoms with van der Waals surface area (Å²) in [5, 5.41) is 2.04. The summed E-state index contributed by atoms with van der Waals surface area (Å²) in [6.07, 6.45) is 0. The lowest BCUT2D eigenvalue weighted by Gasteiger charge is -2.08. The van der Waals surface area contributed by atoms with E-state index in [1.54, 1.807) is 0 Å². The van der Waals surface area contributed by atoms with Gasteiger partial charge in [-0.05, 0) is 12.1 Å². The molecule has 2 rings (SSSR count). The molecular formula is C11H5F5N2. The van der Waals surface area contributed by atoms with E-state index in [1.165, 1.54) is 0 Å². The van der Waals surface area contributed by atoms with Crippen molar-refractivity contribution in [1.82, 2.24) is 4.98 Å². The minimum atomic E-state index is -1.55. The Labute approximate surface area is 98.1 Å². The van der Waals surface area contributed by atoms with Gasteiger partial charge >= 0.3 is 0 Å². The van der Waals surface area contributed by atoms with Gasteiger partial charge in [0.15, 0.2) is 17.5 Å². The zero-order valence-corrected chi connectivity index (χ0v) is 8.65. The molecule has 1 aromatic heterocycles. The molecule has 7 heteroatoms. The van der Waals surface area contributed by atoms with Crippen molar-refractivity contribution in [1.29, 1.82) is 0 Å². The van der Waals surface area contributed by atoms with Crippen LogP contribution in [0.15, 0.2) is 24.3 Å². The van der Waals surface area contributed by atoms with Crippen LogP contribution in [0.25, 0.3) is 0 Å². The quantitative estimate of drug-likeness (QED) is 0.660. The van der Waals surface area contributed by atoms with Gasteiger partial charge in [0.1, 0.15) is 11.6 Å². The lowest BCUT2D eigenvalue weighted by Crippen LogP contribution is -2.03. The van der Waals surface area contributed by atoms with Crippen molar-refractivity contribution >= 4 is 11.5 Å². The fraction of sp³-hybridized carbons (Fsp3) is 0. The summed E-state index contributed by atoms with van der Waals surface area (Å²) in [6.45, 7) is 0. The minimum absolute atomic E-state index is 0.252. The van der Waals surface area contributed by atoms with Crippen molar-refractivity contribution in [2.75, 3.05) is 5.32 Å². The zero-order valence-electron chi connectivity index (χ0n) is 8.65. The summed E-state index contributed by atoms with van der Waals surface area (Å²) >= 11 is 0. The number of hydrogen-bond donors (Lipinski definition) is 1. The van der Waals surface area contributed by atoms with Crippen molar-refractivity contribution in [3.05, 3.63) is 53.5 Å². The summed E-state index contributed by atoms with van der Waals surface area (Å²) in [6, 6.07) is 2.64. The Morgan fingerprint density at radius 2 is 1.56 bits per heavy atom. The molecule has 0 bridgehead atoms. The normalized spacial score (nSPS) is 10.5. The van der Waals surface area contributed by atoms with Gasteiger partial charge in [0.25, 0.3) is 5.95 Å². The molecule has 0 saturated heterocycles. The molecule has 18 heavy (non-hydrogen) atoms. The summed E-state index contributed by atoms with van der Waals surface area (Å²) in [4.78, 5) is 2.92. The molecule has 0 saturated carbocycles. The van der Waals surface area contributed by atoms with Gasteiger partial charge in [0.05, 0.1) is 5.69 Å². The van der Waals surface area contributed by atoms with E-state index in [9.17, 15) is 22.0 Å². The molecule has 0 aliphatic carbocycles. The van der Waals surface area contributed by atoms with E-state index in [-0.39, 0.29) is 6.07 Å². The van der Waals surface area contributed by atoms with Gasteiger partial charge in [-0.2, -0.15) is 9.37 Å². The number of aromatic nitrogens is 1. The van der Waals surface area contributed by atoms with Gasteiger partial charge in [-0.15, -0.1) is 0 Å². The van der Waals surface area contributed by atoms with Gasteiger partial charge in [0.2, 0.25) is 0 Å². The highest BCUT2D eigenvalue weighted by Gasteiger charge is 2.13. The maximum atomic E-state index is 13.2. The third-order valence-corrected chi connectivity index (χ3v) is 2.07. The topological polar surface area (TPSA) is 24.9 Å². The predicted molar refractivity (Wildman–Crippen MR) is 53.8 cm³/mol. The largest absolute Gasteiger partial charge is 0.335 e. The van der Waals surface area contributed by atoms with Crippen molar-refractivity contribution in [3.63, 3.8) is 0 Å². The second kappa shape index (κ2) is 4.59. The standard InChI is InChI=1S/C11H5F5N2/c12-5-1-2-6(13)9(3-5)17-11-8(15)4-7(14)10(16)18-11/h1-4H,(H,17,18). The Kier molecular flexibility index (Phi) is 3.14. The molecule has 94 valence electrons. The number of anilines is 2. The Morgan fingerprint density at radius 1 is 0.833 bits per heavy atom. The maximum Gasteiger partial charge on any atom is 0.251 e. The maximum absolute atomic E-state index is 13.2. The number of nitrogens with one attached hydrogen (secondary N) is 1. The van der Waals surface area contributed by atoms with E-state index in [1.807, 2.05) is 5.32 Å². The van der Waals surface area contributed by atoms with E-state index < -0.39 is 40.7 Å². The van der Waals surface area contributed by atoms with E-state index in [2.05, 4.69) is 4.98 Å². The van der Waals surface area contributed by atoms with Crippen molar-refractivity contribution < 1.29 is 22.0 Å². The number of halogens is 5. The Balaban J connectivity index is 2.40. The first-order chi connectivity index (χ1) is 8.47. The van der Waals surface area contributed by atoms with Crippen LogP contribution in [-0.2, 0) is 0 Å². The molecule has 1 heterocycles. The van der Waals surface area contributed by atoms with Crippen molar-refractivity contribution in [2.45, 2.75) is 0 Å². The molecule has 1 aromatic carbocycles. The fourth-order valence-corrected chi connectivity index (χ4v) is 1.25. The molecule has 0 aliphatic rings. The summed E-state index contributed by atoms with van der Waals surface area (Å²) in [5.41, 5.74) is -0.438. The highest BCUT2D eigenvalue weighted by Crippen LogP contribution is 2.22. The van der Waals surface area contributed by atoms with Crippen LogP contribution in [0.5, 0.6) is 0 Å². The molecule has 2 nitrogen and oxygen atoms in total. The van der Waals surface area contributed by atoms with Gasteiger partial charge in [-0.1, -0.05) is 0 Å². The van der Waals surface area contributed by atoms with E-state index in [0.29, 0.717) is 0 Å². The first-order valence-corrected chi connectivity index (χ1v) is 4.71. The number of rotatable bonds is 2. The molecule has 0 atom stereocenters. The number of hydrogen-bond acceptors (Lipinski definition) is 2. The number of pyridine rings is 1. The lowest BCUT2D eigenvalue weighted by atomic mass is 10.3. The highest BCUT2D eigenvalue weighted by atomic mass is 19.2. The third kappa shape index (κ3) is 2.39. The second-order valence-electron chi connectivity index (χ2n) is 3.34. The molecule has 0 unspecified atom stereocenters. The van der Waals surface area contributed by atoms with E-state index >= 15 is 0 Å². The Bertz CT molecular complexity index is 600. The SMILES string of the molecule is Fc1ccc(F)c(Nc2nc(F)c(F)cc2F)c1. The minimum Gasteiger partial charge on any atom is -0.335 e.